The Kier molecular flexibility index (Phi) is 4.34. The molecule has 0 aromatic heterocycles. The molecule has 0 bridgehead atoms. The summed E-state index contributed by atoms with van der Waals surface area (Å²) in [7, 11) is 0. The zero-order valence-corrected chi connectivity index (χ0v) is 11.5. The van der Waals surface area contributed by atoms with E-state index < -0.39 is 5.82 Å². The number of hydrogen-bond acceptors (Lipinski definition) is 3. The Bertz CT molecular complexity index is 543. The number of rotatable bonds is 4. The second kappa shape index (κ2) is 6.00. The van der Waals surface area contributed by atoms with E-state index in [0.717, 1.165) is 5.56 Å². The third-order valence-corrected chi connectivity index (χ3v) is 3.03. The Morgan fingerprint density at radius 3 is 2.85 bits per heavy atom. The highest BCUT2D eigenvalue weighted by atomic mass is 19.1. The molecule has 0 aliphatic carbocycles. The van der Waals surface area contributed by atoms with E-state index in [9.17, 15) is 14.0 Å². The van der Waals surface area contributed by atoms with E-state index in [1.165, 1.54) is 12.1 Å². The van der Waals surface area contributed by atoms with Gasteiger partial charge in [0.15, 0.2) is 0 Å². The van der Waals surface area contributed by atoms with Crippen LogP contribution in [0.15, 0.2) is 12.1 Å². The van der Waals surface area contributed by atoms with Crippen LogP contribution in [0, 0.1) is 5.82 Å². The van der Waals surface area contributed by atoms with Gasteiger partial charge in [-0.2, -0.15) is 0 Å². The van der Waals surface area contributed by atoms with Gasteiger partial charge in [-0.25, -0.2) is 4.39 Å². The second-order valence-electron chi connectivity index (χ2n) is 5.12. The van der Waals surface area contributed by atoms with Crippen molar-refractivity contribution >= 4 is 23.2 Å². The average Bonchev–Trinajstić information content (AvgIpc) is 2.38. The minimum absolute atomic E-state index is 0.0847. The van der Waals surface area contributed by atoms with Crippen molar-refractivity contribution < 1.29 is 14.0 Å². The lowest BCUT2D eigenvalue weighted by Gasteiger charge is -2.18. The molecule has 0 spiro atoms. The molecular formula is C14H18FN3O2. The summed E-state index contributed by atoms with van der Waals surface area (Å²) < 4.78 is 13.9. The minimum atomic E-state index is -0.488. The maximum absolute atomic E-state index is 13.9. The van der Waals surface area contributed by atoms with Crippen LogP contribution >= 0.6 is 0 Å². The molecular weight excluding hydrogens is 261 g/mol. The van der Waals surface area contributed by atoms with E-state index in [-0.39, 0.29) is 30.1 Å². The summed E-state index contributed by atoms with van der Waals surface area (Å²) in [6, 6.07) is 3.00. The molecule has 1 aliphatic heterocycles. The van der Waals surface area contributed by atoms with E-state index in [1.807, 2.05) is 13.8 Å². The maximum atomic E-state index is 13.9. The van der Waals surface area contributed by atoms with Crippen molar-refractivity contribution in [2.24, 2.45) is 0 Å². The SMILES string of the molecule is CC(C)NCC(=O)Nc1cc2c(cc1F)CCC(=O)N2. The van der Waals surface area contributed by atoms with Gasteiger partial charge in [-0.1, -0.05) is 13.8 Å². The van der Waals surface area contributed by atoms with Gasteiger partial charge in [0.2, 0.25) is 11.8 Å². The first-order valence-electron chi connectivity index (χ1n) is 6.61. The van der Waals surface area contributed by atoms with Crippen molar-refractivity contribution in [3.8, 4) is 0 Å². The highest BCUT2D eigenvalue weighted by Crippen LogP contribution is 2.28. The normalized spacial score (nSPS) is 13.9. The van der Waals surface area contributed by atoms with Crippen LogP contribution in [-0.2, 0) is 16.0 Å². The van der Waals surface area contributed by atoms with Gasteiger partial charge >= 0.3 is 0 Å². The van der Waals surface area contributed by atoms with Crippen molar-refractivity contribution in [1.82, 2.24) is 5.32 Å². The fraction of sp³-hybridized carbons (Fsp3) is 0.429. The Hall–Kier alpha value is -1.95. The molecule has 0 unspecified atom stereocenters. The van der Waals surface area contributed by atoms with Crippen LogP contribution in [0.5, 0.6) is 0 Å². The molecule has 20 heavy (non-hydrogen) atoms. The first-order valence-corrected chi connectivity index (χ1v) is 6.61. The maximum Gasteiger partial charge on any atom is 0.238 e. The van der Waals surface area contributed by atoms with Crippen molar-refractivity contribution in [3.05, 3.63) is 23.5 Å². The van der Waals surface area contributed by atoms with Crippen LogP contribution in [0.4, 0.5) is 15.8 Å². The van der Waals surface area contributed by atoms with Gasteiger partial charge < -0.3 is 16.0 Å². The van der Waals surface area contributed by atoms with Crippen molar-refractivity contribution in [2.75, 3.05) is 17.2 Å². The zero-order chi connectivity index (χ0) is 14.7. The van der Waals surface area contributed by atoms with Crippen LogP contribution in [0.3, 0.4) is 0 Å². The molecule has 0 atom stereocenters. The van der Waals surface area contributed by atoms with Crippen LogP contribution in [-0.4, -0.2) is 24.4 Å². The smallest absolute Gasteiger partial charge is 0.238 e. The first kappa shape index (κ1) is 14.5. The molecule has 1 aromatic rings. The number of aryl methyl sites for hydroxylation is 1. The number of fused-ring (bicyclic) bond motifs is 1. The third kappa shape index (κ3) is 3.54. The minimum Gasteiger partial charge on any atom is -0.326 e. The average molecular weight is 279 g/mol. The quantitative estimate of drug-likeness (QED) is 0.785. The molecule has 5 nitrogen and oxygen atoms in total. The lowest BCUT2D eigenvalue weighted by Crippen LogP contribution is -2.33. The topological polar surface area (TPSA) is 70.2 Å². The Labute approximate surface area is 116 Å². The van der Waals surface area contributed by atoms with Gasteiger partial charge in [0.1, 0.15) is 5.82 Å². The van der Waals surface area contributed by atoms with E-state index in [2.05, 4.69) is 16.0 Å². The summed E-state index contributed by atoms with van der Waals surface area (Å²) in [5.41, 5.74) is 1.40. The monoisotopic (exact) mass is 279 g/mol. The fourth-order valence-electron chi connectivity index (χ4n) is 1.99. The number of carbonyl (C=O) groups excluding carboxylic acids is 2. The molecule has 0 fully saturated rings. The largest absolute Gasteiger partial charge is 0.326 e. The molecule has 6 heteroatoms. The number of benzene rings is 1. The van der Waals surface area contributed by atoms with Crippen molar-refractivity contribution in [3.63, 3.8) is 0 Å². The van der Waals surface area contributed by atoms with Gasteiger partial charge in [0, 0.05) is 18.2 Å². The van der Waals surface area contributed by atoms with Crippen LogP contribution in [0.1, 0.15) is 25.8 Å². The van der Waals surface area contributed by atoms with Crippen molar-refractivity contribution in [1.29, 1.82) is 0 Å². The number of halogens is 1. The molecule has 0 saturated carbocycles. The molecule has 1 heterocycles. The predicted molar refractivity (Wildman–Crippen MR) is 75.1 cm³/mol. The number of hydrogen-bond donors (Lipinski definition) is 3. The lowest BCUT2D eigenvalue weighted by atomic mass is 10.0. The molecule has 2 rings (SSSR count). The molecule has 0 saturated heterocycles. The Morgan fingerprint density at radius 2 is 2.15 bits per heavy atom. The number of anilines is 2. The summed E-state index contributed by atoms with van der Waals surface area (Å²) >= 11 is 0. The Balaban J connectivity index is 2.10. The molecule has 3 N–H and O–H groups in total. The molecule has 1 aromatic carbocycles. The standard InChI is InChI=1S/C14H18FN3O2/c1-8(2)16-7-14(20)18-12-6-11-9(5-10(12)15)3-4-13(19)17-11/h5-6,8,16H,3-4,7H2,1-2H3,(H,17,19)(H,18,20). The molecule has 2 amide bonds. The molecule has 0 radical (unpaired) electrons. The zero-order valence-electron chi connectivity index (χ0n) is 11.5. The van der Waals surface area contributed by atoms with Crippen molar-refractivity contribution in [2.45, 2.75) is 32.7 Å². The van der Waals surface area contributed by atoms with Gasteiger partial charge in [0.25, 0.3) is 0 Å². The van der Waals surface area contributed by atoms with Crippen LogP contribution < -0.4 is 16.0 Å². The third-order valence-electron chi connectivity index (χ3n) is 3.03. The fourth-order valence-corrected chi connectivity index (χ4v) is 1.99. The second-order valence-corrected chi connectivity index (χ2v) is 5.12. The number of nitrogens with one attached hydrogen (secondary N) is 3. The van der Waals surface area contributed by atoms with Crippen LogP contribution in [0.25, 0.3) is 0 Å². The highest BCUT2D eigenvalue weighted by Gasteiger charge is 2.18. The number of amides is 2. The molecule has 1 aliphatic rings. The Morgan fingerprint density at radius 1 is 1.40 bits per heavy atom. The van der Waals surface area contributed by atoms with Gasteiger partial charge in [-0.15, -0.1) is 0 Å². The van der Waals surface area contributed by atoms with E-state index in [4.69, 9.17) is 0 Å². The highest BCUT2D eigenvalue weighted by molar-refractivity contribution is 5.97. The van der Waals surface area contributed by atoms with Gasteiger partial charge in [-0.3, -0.25) is 9.59 Å². The summed E-state index contributed by atoms with van der Waals surface area (Å²) in [5.74, 6) is -0.902. The lowest BCUT2D eigenvalue weighted by molar-refractivity contribution is -0.116. The van der Waals surface area contributed by atoms with E-state index >= 15 is 0 Å². The van der Waals surface area contributed by atoms with E-state index in [1.54, 1.807) is 0 Å². The summed E-state index contributed by atoms with van der Waals surface area (Å²) in [5, 5.41) is 8.13. The first-order chi connectivity index (χ1) is 9.45. The van der Waals surface area contributed by atoms with Gasteiger partial charge in [0.05, 0.1) is 12.2 Å². The summed E-state index contributed by atoms with van der Waals surface area (Å²) in [6.07, 6.45) is 0.873. The molecule has 108 valence electrons. The summed E-state index contributed by atoms with van der Waals surface area (Å²) in [6.45, 7) is 3.95. The van der Waals surface area contributed by atoms with Crippen LogP contribution in [0.2, 0.25) is 0 Å². The van der Waals surface area contributed by atoms with E-state index in [0.29, 0.717) is 18.5 Å². The summed E-state index contributed by atoms with van der Waals surface area (Å²) in [4.78, 5) is 23.0. The number of carbonyl (C=O) groups is 2. The predicted octanol–water partition coefficient (Wildman–Crippen LogP) is 1.65. The van der Waals surface area contributed by atoms with Gasteiger partial charge in [-0.05, 0) is 24.1 Å².